The van der Waals surface area contributed by atoms with Crippen molar-refractivity contribution < 1.29 is 27.4 Å². The number of fused-ring (bicyclic) bond motifs is 1. The summed E-state index contributed by atoms with van der Waals surface area (Å²) in [6.45, 7) is 6.11. The fraction of sp³-hybridized carbons (Fsp3) is 0.429. The van der Waals surface area contributed by atoms with Gasteiger partial charge in [-0.1, -0.05) is 11.6 Å². The number of rotatable bonds is 7. The van der Waals surface area contributed by atoms with Gasteiger partial charge in [0, 0.05) is 36.3 Å². The average molecular weight is 563 g/mol. The van der Waals surface area contributed by atoms with Crippen LogP contribution in [0.25, 0.3) is 10.9 Å². The van der Waals surface area contributed by atoms with Crippen molar-refractivity contribution in [3.8, 4) is 11.5 Å². The van der Waals surface area contributed by atoms with Gasteiger partial charge in [-0.3, -0.25) is 4.79 Å². The molecule has 0 radical (unpaired) electrons. The molecule has 2 aliphatic rings. The van der Waals surface area contributed by atoms with E-state index in [1.54, 1.807) is 6.07 Å². The van der Waals surface area contributed by atoms with E-state index < -0.39 is 18.0 Å². The summed E-state index contributed by atoms with van der Waals surface area (Å²) in [4.78, 5) is 22.4. The van der Waals surface area contributed by atoms with Crippen molar-refractivity contribution in [2.75, 3.05) is 43.0 Å². The predicted octanol–water partition coefficient (Wildman–Crippen LogP) is 6.18. The maximum atomic E-state index is 12.5. The molecule has 7 nitrogen and oxygen atoms in total. The smallest absolute Gasteiger partial charge is 0.482 e. The van der Waals surface area contributed by atoms with E-state index in [0.717, 1.165) is 60.3 Å². The summed E-state index contributed by atoms with van der Waals surface area (Å²) in [5.41, 5.74) is 2.51. The van der Waals surface area contributed by atoms with Crippen molar-refractivity contribution in [2.24, 2.45) is 0 Å². The van der Waals surface area contributed by atoms with Gasteiger partial charge in [0.25, 0.3) is 5.91 Å². The number of aryl methyl sites for hydroxylation is 1. The van der Waals surface area contributed by atoms with Gasteiger partial charge in [0.2, 0.25) is 0 Å². The van der Waals surface area contributed by atoms with Gasteiger partial charge in [-0.15, -0.1) is 13.2 Å². The molecule has 2 fully saturated rings. The van der Waals surface area contributed by atoms with Crippen LogP contribution in [0.1, 0.15) is 31.2 Å². The zero-order chi connectivity index (χ0) is 27.6. The van der Waals surface area contributed by atoms with Gasteiger partial charge < -0.3 is 24.6 Å². The van der Waals surface area contributed by atoms with Crippen LogP contribution in [0.4, 0.5) is 24.7 Å². The standard InChI is InChI=1S/C28H30ClF3N4O3/c1-18-14-26(36-12-8-20(9-13-36)35-10-2-3-11-35)34-24-6-4-19(15-22(18)24)33-27(37)17-38-25-7-5-21(16-23(25)29)39-28(30,31)32/h4-7,14-16,20H,2-3,8-13,17H2,1H3,(H,33,37). The van der Waals surface area contributed by atoms with E-state index in [4.69, 9.17) is 21.3 Å². The first-order chi connectivity index (χ1) is 18.6. The fourth-order valence-electron chi connectivity index (χ4n) is 5.32. The minimum Gasteiger partial charge on any atom is -0.482 e. The van der Waals surface area contributed by atoms with Gasteiger partial charge in [-0.25, -0.2) is 4.98 Å². The molecule has 5 rings (SSSR count). The number of piperidine rings is 1. The topological polar surface area (TPSA) is 66.9 Å². The Morgan fingerprint density at radius 3 is 2.51 bits per heavy atom. The molecule has 3 heterocycles. The molecule has 3 aromatic rings. The zero-order valence-electron chi connectivity index (χ0n) is 21.6. The Morgan fingerprint density at radius 1 is 1.08 bits per heavy atom. The minimum absolute atomic E-state index is 0.0666. The lowest BCUT2D eigenvalue weighted by atomic mass is 10.0. The molecule has 2 aromatic carbocycles. The Bertz CT molecular complexity index is 1340. The van der Waals surface area contributed by atoms with Crippen LogP contribution < -0.4 is 19.7 Å². The number of hydrogen-bond donors (Lipinski definition) is 1. The summed E-state index contributed by atoms with van der Waals surface area (Å²) in [5.74, 6) is 0.133. The Balaban J connectivity index is 1.18. The second kappa shape index (κ2) is 11.5. The van der Waals surface area contributed by atoms with Crippen LogP contribution in [0.5, 0.6) is 11.5 Å². The van der Waals surface area contributed by atoms with Crippen LogP contribution in [0.3, 0.4) is 0 Å². The Labute approximate surface area is 229 Å². The molecule has 1 amide bonds. The number of aromatic nitrogens is 1. The summed E-state index contributed by atoms with van der Waals surface area (Å²) < 4.78 is 46.3. The van der Waals surface area contributed by atoms with Crippen molar-refractivity contribution in [3.05, 3.63) is 53.1 Å². The van der Waals surface area contributed by atoms with Gasteiger partial charge >= 0.3 is 6.36 Å². The molecule has 39 heavy (non-hydrogen) atoms. The number of anilines is 2. The fourth-order valence-corrected chi connectivity index (χ4v) is 5.54. The van der Waals surface area contributed by atoms with Crippen molar-refractivity contribution in [1.29, 1.82) is 0 Å². The predicted molar refractivity (Wildman–Crippen MR) is 145 cm³/mol. The van der Waals surface area contributed by atoms with Gasteiger partial charge in [-0.05, 0) is 87.7 Å². The Morgan fingerprint density at radius 2 is 1.82 bits per heavy atom. The molecular formula is C28H30ClF3N4O3. The average Bonchev–Trinajstić information content (AvgIpc) is 3.43. The quantitative estimate of drug-likeness (QED) is 0.371. The van der Waals surface area contributed by atoms with Crippen molar-refractivity contribution in [3.63, 3.8) is 0 Å². The first-order valence-corrected chi connectivity index (χ1v) is 13.4. The molecule has 0 aliphatic carbocycles. The van der Waals surface area contributed by atoms with Crippen molar-refractivity contribution in [2.45, 2.75) is 45.0 Å². The van der Waals surface area contributed by atoms with Crippen LogP contribution in [0.15, 0.2) is 42.5 Å². The highest BCUT2D eigenvalue weighted by molar-refractivity contribution is 6.32. The molecule has 2 aliphatic heterocycles. The number of pyridine rings is 1. The molecule has 11 heteroatoms. The molecule has 0 spiro atoms. The van der Waals surface area contributed by atoms with E-state index in [1.165, 1.54) is 32.0 Å². The number of likely N-dealkylation sites (tertiary alicyclic amines) is 1. The first kappa shape index (κ1) is 27.3. The highest BCUT2D eigenvalue weighted by atomic mass is 35.5. The summed E-state index contributed by atoms with van der Waals surface area (Å²) in [6, 6.07) is 11.6. The lowest BCUT2D eigenvalue weighted by molar-refractivity contribution is -0.274. The number of carbonyl (C=O) groups is 1. The molecule has 208 valence electrons. The summed E-state index contributed by atoms with van der Waals surface area (Å²) in [6.07, 6.45) is 0.108. The second-order valence-electron chi connectivity index (χ2n) is 9.97. The van der Waals surface area contributed by atoms with Crippen molar-refractivity contribution >= 4 is 39.9 Å². The summed E-state index contributed by atoms with van der Waals surface area (Å²) >= 11 is 5.97. The molecule has 0 atom stereocenters. The summed E-state index contributed by atoms with van der Waals surface area (Å²) in [5, 5.41) is 3.61. The Hall–Kier alpha value is -3.24. The number of benzene rings is 2. The highest BCUT2D eigenvalue weighted by Crippen LogP contribution is 2.32. The molecule has 1 N–H and O–H groups in total. The van der Waals surface area contributed by atoms with Gasteiger partial charge in [-0.2, -0.15) is 0 Å². The first-order valence-electron chi connectivity index (χ1n) is 13.0. The number of amides is 1. The third-order valence-electron chi connectivity index (χ3n) is 7.23. The monoisotopic (exact) mass is 562 g/mol. The summed E-state index contributed by atoms with van der Waals surface area (Å²) in [7, 11) is 0. The second-order valence-corrected chi connectivity index (χ2v) is 10.4. The maximum absolute atomic E-state index is 12.5. The van der Waals surface area contributed by atoms with E-state index in [1.807, 2.05) is 19.1 Å². The van der Waals surface area contributed by atoms with Crippen LogP contribution in [0.2, 0.25) is 5.02 Å². The van der Waals surface area contributed by atoms with Gasteiger partial charge in [0.15, 0.2) is 6.61 Å². The number of alkyl halides is 3. The largest absolute Gasteiger partial charge is 0.573 e. The number of halogens is 4. The van der Waals surface area contributed by atoms with E-state index in [-0.39, 0.29) is 17.4 Å². The number of hydrogen-bond acceptors (Lipinski definition) is 6. The van der Waals surface area contributed by atoms with Crippen LogP contribution >= 0.6 is 11.6 Å². The van der Waals surface area contributed by atoms with E-state index in [9.17, 15) is 18.0 Å². The molecule has 1 aromatic heterocycles. The number of nitrogens with one attached hydrogen (secondary N) is 1. The number of ether oxygens (including phenoxy) is 2. The molecular weight excluding hydrogens is 533 g/mol. The third-order valence-corrected chi connectivity index (χ3v) is 7.52. The lowest BCUT2D eigenvalue weighted by Crippen LogP contribution is -2.44. The SMILES string of the molecule is Cc1cc(N2CCC(N3CCCC3)CC2)nc2ccc(NC(=O)COc3ccc(OC(F)(F)F)cc3Cl)cc12. The van der Waals surface area contributed by atoms with Crippen LogP contribution in [-0.2, 0) is 4.79 Å². The zero-order valence-corrected chi connectivity index (χ0v) is 22.3. The molecule has 0 saturated carbocycles. The normalized spacial score (nSPS) is 17.0. The van der Waals surface area contributed by atoms with E-state index in [0.29, 0.717) is 11.7 Å². The molecule has 0 unspecified atom stereocenters. The highest BCUT2D eigenvalue weighted by Gasteiger charge is 2.31. The van der Waals surface area contributed by atoms with Gasteiger partial charge in [0.1, 0.15) is 17.3 Å². The minimum atomic E-state index is -4.83. The maximum Gasteiger partial charge on any atom is 0.573 e. The number of carbonyl (C=O) groups excluding carboxylic acids is 1. The van der Waals surface area contributed by atoms with Crippen molar-refractivity contribution in [1.82, 2.24) is 9.88 Å². The van der Waals surface area contributed by atoms with Crippen LogP contribution in [-0.4, -0.2) is 61.0 Å². The number of nitrogens with zero attached hydrogens (tertiary/aromatic N) is 3. The van der Waals surface area contributed by atoms with E-state index in [2.05, 4.69) is 25.9 Å². The molecule has 2 saturated heterocycles. The van der Waals surface area contributed by atoms with Crippen LogP contribution in [0, 0.1) is 6.92 Å². The van der Waals surface area contributed by atoms with Gasteiger partial charge in [0.05, 0.1) is 10.5 Å². The third kappa shape index (κ3) is 6.86. The Kier molecular flexibility index (Phi) is 8.04. The van der Waals surface area contributed by atoms with E-state index >= 15 is 0 Å². The lowest BCUT2D eigenvalue weighted by Gasteiger charge is -2.37. The molecule has 0 bridgehead atoms.